The van der Waals surface area contributed by atoms with Gasteiger partial charge in [0.1, 0.15) is 17.2 Å². The van der Waals surface area contributed by atoms with Gasteiger partial charge in [0, 0.05) is 44.1 Å². The minimum atomic E-state index is -0.318. The lowest BCUT2D eigenvalue weighted by Crippen LogP contribution is -2.22. The molecule has 2 saturated heterocycles. The quantitative estimate of drug-likeness (QED) is 0.849. The van der Waals surface area contributed by atoms with Crippen LogP contribution in [0.25, 0.3) is 11.4 Å². The minimum absolute atomic E-state index is 0.237. The highest BCUT2D eigenvalue weighted by Crippen LogP contribution is 2.26. The summed E-state index contributed by atoms with van der Waals surface area (Å²) in [5, 5.41) is 28.5. The molecule has 2 aromatic rings. The zero-order valence-electron chi connectivity index (χ0n) is 15.1. The SMILES string of the molecule is C[C@H]1CN(c2ccc(-c3[c]ccc(N4C[C@H](C)[C@@H](O)C4)n3)nn2)C[C@@H]1O. The summed E-state index contributed by atoms with van der Waals surface area (Å²) in [5.41, 5.74) is 1.31. The largest absolute Gasteiger partial charge is 0.391 e. The zero-order chi connectivity index (χ0) is 18.3. The summed E-state index contributed by atoms with van der Waals surface area (Å²) in [5.74, 6) is 2.07. The van der Waals surface area contributed by atoms with Gasteiger partial charge >= 0.3 is 0 Å². The second-order valence-electron chi connectivity index (χ2n) is 7.47. The van der Waals surface area contributed by atoms with Gasteiger partial charge in [-0.25, -0.2) is 4.98 Å². The number of pyridine rings is 1. The summed E-state index contributed by atoms with van der Waals surface area (Å²) >= 11 is 0. The number of hydrogen-bond donors (Lipinski definition) is 2. The fraction of sp³-hybridized carbons (Fsp3) is 0.526. The lowest BCUT2D eigenvalue weighted by Gasteiger charge is -2.18. The number of rotatable bonds is 3. The summed E-state index contributed by atoms with van der Waals surface area (Å²) in [6.07, 6.45) is -0.636. The Morgan fingerprint density at radius 3 is 2.08 bits per heavy atom. The molecule has 4 heterocycles. The van der Waals surface area contributed by atoms with Crippen molar-refractivity contribution in [3.8, 4) is 11.4 Å². The highest BCUT2D eigenvalue weighted by atomic mass is 16.3. The van der Waals surface area contributed by atoms with E-state index in [0.717, 1.165) is 24.7 Å². The van der Waals surface area contributed by atoms with E-state index in [1.807, 2.05) is 43.0 Å². The molecule has 1 radical (unpaired) electrons. The van der Waals surface area contributed by atoms with Crippen LogP contribution < -0.4 is 9.80 Å². The summed E-state index contributed by atoms with van der Waals surface area (Å²) in [6.45, 7) is 6.83. The second kappa shape index (κ2) is 6.81. The molecule has 0 aliphatic carbocycles. The molecule has 2 aliphatic heterocycles. The highest BCUT2D eigenvalue weighted by molar-refractivity contribution is 5.58. The Labute approximate surface area is 153 Å². The number of β-amino-alcohol motifs (C(OH)–C–C–N with tert-alkyl or cyclic N) is 2. The molecule has 0 unspecified atom stereocenters. The molecule has 0 bridgehead atoms. The molecular weight excluding hydrogens is 330 g/mol. The van der Waals surface area contributed by atoms with E-state index in [1.54, 1.807) is 0 Å². The molecule has 2 fully saturated rings. The smallest absolute Gasteiger partial charge is 0.151 e. The highest BCUT2D eigenvalue weighted by Gasteiger charge is 2.29. The van der Waals surface area contributed by atoms with Crippen molar-refractivity contribution in [3.63, 3.8) is 0 Å². The molecule has 2 aliphatic rings. The first kappa shape index (κ1) is 17.2. The lowest BCUT2D eigenvalue weighted by molar-refractivity contribution is 0.157. The van der Waals surface area contributed by atoms with Crippen molar-refractivity contribution in [1.29, 1.82) is 0 Å². The number of nitrogens with zero attached hydrogens (tertiary/aromatic N) is 5. The number of hydrogen-bond acceptors (Lipinski definition) is 7. The molecular formula is C19H24N5O2. The van der Waals surface area contributed by atoms with Gasteiger partial charge in [-0.1, -0.05) is 13.8 Å². The van der Waals surface area contributed by atoms with E-state index in [9.17, 15) is 10.2 Å². The molecule has 7 nitrogen and oxygen atoms in total. The maximum absolute atomic E-state index is 9.97. The van der Waals surface area contributed by atoms with Crippen LogP contribution in [0.5, 0.6) is 0 Å². The van der Waals surface area contributed by atoms with Gasteiger partial charge in [0.05, 0.1) is 12.2 Å². The molecule has 7 heteroatoms. The zero-order valence-corrected chi connectivity index (χ0v) is 15.1. The van der Waals surface area contributed by atoms with Gasteiger partial charge in [0.25, 0.3) is 0 Å². The fourth-order valence-electron chi connectivity index (χ4n) is 3.58. The molecule has 26 heavy (non-hydrogen) atoms. The van der Waals surface area contributed by atoms with Gasteiger partial charge in [0.15, 0.2) is 5.82 Å². The first-order chi connectivity index (χ1) is 12.5. The van der Waals surface area contributed by atoms with E-state index in [1.165, 1.54) is 0 Å². The Morgan fingerprint density at radius 1 is 0.885 bits per heavy atom. The molecule has 0 aromatic carbocycles. The van der Waals surface area contributed by atoms with Gasteiger partial charge in [-0.05, 0) is 24.3 Å². The van der Waals surface area contributed by atoms with Gasteiger partial charge in [-0.2, -0.15) is 0 Å². The topological polar surface area (TPSA) is 85.6 Å². The van der Waals surface area contributed by atoms with Crippen LogP contribution in [0.4, 0.5) is 11.6 Å². The van der Waals surface area contributed by atoms with Crippen LogP contribution in [0, 0.1) is 17.9 Å². The first-order valence-corrected chi connectivity index (χ1v) is 9.10. The molecule has 4 rings (SSSR count). The predicted octanol–water partition coefficient (Wildman–Crippen LogP) is 0.973. The Morgan fingerprint density at radius 2 is 1.54 bits per heavy atom. The number of aliphatic hydroxyl groups excluding tert-OH is 2. The van der Waals surface area contributed by atoms with E-state index in [2.05, 4.69) is 26.1 Å². The van der Waals surface area contributed by atoms with Gasteiger partial charge < -0.3 is 20.0 Å². The van der Waals surface area contributed by atoms with Crippen LogP contribution in [0.1, 0.15) is 13.8 Å². The Balaban J connectivity index is 1.52. The summed E-state index contributed by atoms with van der Waals surface area (Å²) in [4.78, 5) is 8.78. The van der Waals surface area contributed by atoms with Crippen molar-refractivity contribution < 1.29 is 10.2 Å². The van der Waals surface area contributed by atoms with Crippen LogP contribution in [-0.2, 0) is 0 Å². The summed E-state index contributed by atoms with van der Waals surface area (Å²) in [7, 11) is 0. The maximum Gasteiger partial charge on any atom is 0.151 e. The normalized spacial score (nSPS) is 28.8. The third-order valence-corrected chi connectivity index (χ3v) is 5.37. The predicted molar refractivity (Wildman–Crippen MR) is 98.9 cm³/mol. The summed E-state index contributed by atoms with van der Waals surface area (Å²) < 4.78 is 0. The van der Waals surface area contributed by atoms with Crippen molar-refractivity contribution in [3.05, 3.63) is 30.3 Å². The molecule has 0 amide bonds. The minimum Gasteiger partial charge on any atom is -0.391 e. The van der Waals surface area contributed by atoms with Crippen LogP contribution in [0.15, 0.2) is 24.3 Å². The van der Waals surface area contributed by atoms with Crippen molar-refractivity contribution in [2.24, 2.45) is 11.8 Å². The van der Waals surface area contributed by atoms with E-state index in [4.69, 9.17) is 0 Å². The molecule has 0 saturated carbocycles. The Bertz CT molecular complexity index is 749. The molecule has 0 spiro atoms. The average molecular weight is 354 g/mol. The Kier molecular flexibility index (Phi) is 4.50. The molecule has 2 aromatic heterocycles. The van der Waals surface area contributed by atoms with E-state index < -0.39 is 0 Å². The number of anilines is 2. The van der Waals surface area contributed by atoms with Gasteiger partial charge in [0.2, 0.25) is 0 Å². The Hall–Kier alpha value is -2.25. The average Bonchev–Trinajstić information content (AvgIpc) is 3.17. The first-order valence-electron chi connectivity index (χ1n) is 9.10. The summed E-state index contributed by atoms with van der Waals surface area (Å²) in [6, 6.07) is 10.7. The van der Waals surface area contributed by atoms with E-state index in [-0.39, 0.29) is 24.0 Å². The van der Waals surface area contributed by atoms with Crippen molar-refractivity contribution in [1.82, 2.24) is 15.2 Å². The third-order valence-electron chi connectivity index (χ3n) is 5.37. The second-order valence-corrected chi connectivity index (χ2v) is 7.47. The molecule has 4 atom stereocenters. The number of aliphatic hydroxyl groups is 2. The molecule has 137 valence electrons. The van der Waals surface area contributed by atoms with Crippen LogP contribution in [-0.4, -0.2) is 63.8 Å². The van der Waals surface area contributed by atoms with Crippen LogP contribution in [0.3, 0.4) is 0 Å². The van der Waals surface area contributed by atoms with Crippen LogP contribution in [0.2, 0.25) is 0 Å². The standard InChI is InChI=1S/C19H24N5O2/c1-12-8-23(10-16(12)25)18-5-3-4-14(20-18)15-6-7-19(22-21-15)24-9-13(2)17(26)11-24/h3,5-7,12-13,16-17,25-26H,8-11H2,1-2H3/t12-,13-,16-,17-/m0/s1. The lowest BCUT2D eigenvalue weighted by atomic mass is 10.1. The monoisotopic (exact) mass is 354 g/mol. The molecule has 2 N–H and O–H groups in total. The maximum atomic E-state index is 9.97. The van der Waals surface area contributed by atoms with E-state index in [0.29, 0.717) is 24.5 Å². The number of aromatic nitrogens is 3. The third kappa shape index (κ3) is 3.24. The van der Waals surface area contributed by atoms with Crippen LogP contribution >= 0.6 is 0 Å². The van der Waals surface area contributed by atoms with Crippen molar-refractivity contribution in [2.75, 3.05) is 36.0 Å². The van der Waals surface area contributed by atoms with E-state index >= 15 is 0 Å². The fourth-order valence-corrected chi connectivity index (χ4v) is 3.58. The van der Waals surface area contributed by atoms with Crippen molar-refractivity contribution >= 4 is 11.6 Å². The van der Waals surface area contributed by atoms with Gasteiger partial charge in [-0.15, -0.1) is 10.2 Å². The van der Waals surface area contributed by atoms with Crippen molar-refractivity contribution in [2.45, 2.75) is 26.1 Å². The van der Waals surface area contributed by atoms with Gasteiger partial charge in [-0.3, -0.25) is 0 Å².